The summed E-state index contributed by atoms with van der Waals surface area (Å²) >= 11 is 2.44. The number of aromatic nitrogens is 3. The molecule has 14 nitrogen and oxygen atoms in total. The predicted molar refractivity (Wildman–Crippen MR) is 152 cm³/mol. The first kappa shape index (κ1) is 27.9. The molecule has 4 rings (SSSR count). The van der Waals surface area contributed by atoms with E-state index in [0.717, 1.165) is 11.3 Å². The van der Waals surface area contributed by atoms with Crippen molar-refractivity contribution in [2.45, 2.75) is 6.92 Å². The molecule has 0 fully saturated rings. The molecule has 0 spiro atoms. The Kier molecular flexibility index (Phi) is 8.82. The number of carbonyl (C=O) groups is 2. The number of nitrogens with zero attached hydrogens (tertiary/aromatic N) is 5. The monoisotopic (exact) mass is 582 g/mol. The maximum absolute atomic E-state index is 11.5. The van der Waals surface area contributed by atoms with Gasteiger partial charge in [0.1, 0.15) is 14.2 Å². The number of hydrogen-bond donors (Lipinski definition) is 5. The number of hydrogen-bond acceptors (Lipinski definition) is 14. The van der Waals surface area contributed by atoms with E-state index in [1.807, 2.05) is 31.2 Å². The van der Waals surface area contributed by atoms with Crippen molar-refractivity contribution in [2.24, 2.45) is 10.3 Å². The highest BCUT2D eigenvalue weighted by Crippen LogP contribution is 2.28. The van der Waals surface area contributed by atoms with Gasteiger partial charge in [-0.15, -0.1) is 22.7 Å². The van der Waals surface area contributed by atoms with Crippen molar-refractivity contribution in [2.75, 3.05) is 30.2 Å². The van der Waals surface area contributed by atoms with E-state index in [1.165, 1.54) is 36.9 Å². The smallest absolute Gasteiger partial charge is 0.358 e. The fraction of sp³-hybridized carbons (Fsp3) is 0.125. The van der Waals surface area contributed by atoms with E-state index in [-0.39, 0.29) is 29.3 Å². The van der Waals surface area contributed by atoms with E-state index in [0.29, 0.717) is 21.1 Å². The summed E-state index contributed by atoms with van der Waals surface area (Å²) in [6.45, 7) is 1.97. The molecule has 0 radical (unpaired) electrons. The van der Waals surface area contributed by atoms with E-state index in [2.05, 4.69) is 50.9 Å². The Morgan fingerprint density at radius 2 is 1.18 bits per heavy atom. The molecule has 3 heterocycles. The van der Waals surface area contributed by atoms with Gasteiger partial charge in [-0.05, 0) is 31.2 Å². The van der Waals surface area contributed by atoms with Crippen LogP contribution in [0.5, 0.6) is 0 Å². The van der Waals surface area contributed by atoms with Gasteiger partial charge in [0, 0.05) is 27.6 Å². The Labute approximate surface area is 235 Å². The normalized spacial score (nSPS) is 11.6. The molecule has 5 N–H and O–H groups in total. The van der Waals surface area contributed by atoms with Gasteiger partial charge in [0.05, 0.1) is 10.0 Å². The third-order valence-electron chi connectivity index (χ3n) is 4.93. The van der Waals surface area contributed by atoms with E-state index >= 15 is 0 Å². The second kappa shape index (κ2) is 12.6. The summed E-state index contributed by atoms with van der Waals surface area (Å²) in [5.41, 5.74) is 2.00. The molecule has 1 aromatic carbocycles. The average molecular weight is 583 g/mol. The summed E-state index contributed by atoms with van der Waals surface area (Å²) in [4.78, 5) is 45.6. The van der Waals surface area contributed by atoms with Gasteiger partial charge in [0.25, 0.3) is 0 Å². The molecule has 3 aromatic heterocycles. The lowest BCUT2D eigenvalue weighted by Crippen LogP contribution is -2.14. The van der Waals surface area contributed by atoms with Gasteiger partial charge < -0.3 is 35.8 Å². The second-order valence-corrected chi connectivity index (χ2v) is 9.62. The van der Waals surface area contributed by atoms with Crippen LogP contribution in [0.3, 0.4) is 0 Å². The Bertz CT molecular complexity index is 1490. The van der Waals surface area contributed by atoms with Crippen LogP contribution in [0.2, 0.25) is 0 Å². The van der Waals surface area contributed by atoms with Crippen molar-refractivity contribution in [3.63, 3.8) is 0 Å². The quantitative estimate of drug-likeness (QED) is 0.117. The van der Waals surface area contributed by atoms with Gasteiger partial charge in [0.15, 0.2) is 11.4 Å². The largest absolute Gasteiger partial charge is 0.476 e. The topological polar surface area (TPSA) is 193 Å². The third kappa shape index (κ3) is 7.06. The number of aliphatic carboxylic acids is 2. The van der Waals surface area contributed by atoms with Gasteiger partial charge >= 0.3 is 11.9 Å². The van der Waals surface area contributed by atoms with Crippen molar-refractivity contribution < 1.29 is 29.5 Å². The Morgan fingerprint density at radius 1 is 0.750 bits per heavy atom. The number of carboxylic acids is 2. The second-order valence-electron chi connectivity index (χ2n) is 7.80. The highest BCUT2D eigenvalue weighted by molar-refractivity contribution is 7.15. The summed E-state index contributed by atoms with van der Waals surface area (Å²) in [6, 6.07) is 10.8. The van der Waals surface area contributed by atoms with E-state index in [4.69, 9.17) is 0 Å². The number of carboxylic acid groups (broad SMARTS) is 2. The minimum atomic E-state index is -1.24. The summed E-state index contributed by atoms with van der Waals surface area (Å²) in [6.07, 6.45) is 0. The molecule has 0 aliphatic carbocycles. The number of oxime groups is 2. The minimum absolute atomic E-state index is 0.157. The van der Waals surface area contributed by atoms with Gasteiger partial charge in [0.2, 0.25) is 17.8 Å². The molecule has 40 heavy (non-hydrogen) atoms. The van der Waals surface area contributed by atoms with Crippen molar-refractivity contribution >= 4 is 79.6 Å². The van der Waals surface area contributed by atoms with Crippen LogP contribution in [-0.4, -0.2) is 62.7 Å². The SMILES string of the molecule is CON=C(C(=O)O)c1csc(Nc2nc(Nc3ccc(C)cc3)nc(Nc3cc(C(=NOC)C(=O)O)cs3)n2)c1. The van der Waals surface area contributed by atoms with E-state index in [9.17, 15) is 19.8 Å². The maximum Gasteiger partial charge on any atom is 0.358 e. The first-order chi connectivity index (χ1) is 19.2. The summed E-state index contributed by atoms with van der Waals surface area (Å²) in [5, 5.41) is 39.5. The van der Waals surface area contributed by atoms with Crippen LogP contribution in [0.1, 0.15) is 16.7 Å². The summed E-state index contributed by atoms with van der Waals surface area (Å²) in [5.74, 6) is -1.94. The van der Waals surface area contributed by atoms with Crippen LogP contribution < -0.4 is 16.0 Å². The van der Waals surface area contributed by atoms with Crippen molar-refractivity contribution in [3.8, 4) is 0 Å². The number of rotatable bonds is 12. The number of benzene rings is 1. The number of thiophene rings is 2. The molecule has 0 saturated carbocycles. The first-order valence-electron chi connectivity index (χ1n) is 11.3. The summed E-state index contributed by atoms with van der Waals surface area (Å²) in [7, 11) is 2.53. The van der Waals surface area contributed by atoms with Crippen LogP contribution in [0.15, 0.2) is 57.5 Å². The summed E-state index contributed by atoms with van der Waals surface area (Å²) < 4.78 is 0. The number of nitrogens with one attached hydrogen (secondary N) is 3. The van der Waals surface area contributed by atoms with Gasteiger partial charge in [-0.2, -0.15) is 15.0 Å². The standard InChI is InChI=1S/C24H22N8O6S2/c1-12-4-6-15(7-5-12)25-22-28-23(26-16-8-13(10-39-16)18(20(33)34)31-37-2)30-24(29-22)27-17-9-14(11-40-17)19(21(35)36)32-38-3/h4-11H,1-3H3,(H,33,34)(H,35,36)(H3,25,26,27,28,29,30). The lowest BCUT2D eigenvalue weighted by molar-refractivity contribution is -0.130. The zero-order valence-corrected chi connectivity index (χ0v) is 22.8. The molecular weight excluding hydrogens is 560 g/mol. The van der Waals surface area contributed by atoms with Gasteiger partial charge in [-0.25, -0.2) is 9.59 Å². The highest BCUT2D eigenvalue weighted by atomic mass is 32.1. The molecule has 0 bridgehead atoms. The van der Waals surface area contributed by atoms with Crippen molar-refractivity contribution in [1.82, 2.24) is 15.0 Å². The molecule has 16 heteroatoms. The molecule has 206 valence electrons. The van der Waals surface area contributed by atoms with Crippen LogP contribution in [0.4, 0.5) is 33.5 Å². The van der Waals surface area contributed by atoms with Crippen LogP contribution in [-0.2, 0) is 19.3 Å². The molecule has 0 amide bonds. The third-order valence-corrected chi connectivity index (χ3v) is 6.62. The fourth-order valence-electron chi connectivity index (χ4n) is 3.19. The number of aryl methyl sites for hydroxylation is 1. The van der Waals surface area contributed by atoms with E-state index < -0.39 is 11.9 Å². The van der Waals surface area contributed by atoms with Crippen molar-refractivity contribution in [1.29, 1.82) is 0 Å². The fourth-order valence-corrected chi connectivity index (χ4v) is 4.75. The molecule has 0 aliphatic rings. The Hall–Kier alpha value is -5.09. The van der Waals surface area contributed by atoms with Crippen LogP contribution >= 0.6 is 22.7 Å². The molecule has 0 aliphatic heterocycles. The first-order valence-corrected chi connectivity index (χ1v) is 13.0. The van der Waals surface area contributed by atoms with Gasteiger partial charge in [-0.3, -0.25) is 0 Å². The molecular formula is C24H22N8O6S2. The molecule has 0 atom stereocenters. The average Bonchev–Trinajstić information content (AvgIpc) is 3.56. The highest BCUT2D eigenvalue weighted by Gasteiger charge is 2.18. The lowest BCUT2D eigenvalue weighted by Gasteiger charge is -2.10. The molecule has 4 aromatic rings. The van der Waals surface area contributed by atoms with Crippen LogP contribution in [0.25, 0.3) is 0 Å². The maximum atomic E-state index is 11.5. The lowest BCUT2D eigenvalue weighted by atomic mass is 10.2. The Balaban J connectivity index is 1.64. The van der Waals surface area contributed by atoms with Crippen molar-refractivity contribution in [3.05, 3.63) is 63.8 Å². The van der Waals surface area contributed by atoms with Crippen LogP contribution in [0, 0.1) is 6.92 Å². The van der Waals surface area contributed by atoms with E-state index in [1.54, 1.807) is 22.9 Å². The Morgan fingerprint density at radius 3 is 1.57 bits per heavy atom. The van der Waals surface area contributed by atoms with Gasteiger partial charge in [-0.1, -0.05) is 28.0 Å². The predicted octanol–water partition coefficient (Wildman–Crippen LogP) is 4.40. The number of anilines is 6. The molecule has 0 unspecified atom stereocenters. The zero-order valence-electron chi connectivity index (χ0n) is 21.2. The minimum Gasteiger partial charge on any atom is -0.476 e. The zero-order chi connectivity index (χ0) is 28.6. The molecule has 0 saturated heterocycles.